The summed E-state index contributed by atoms with van der Waals surface area (Å²) in [6, 6.07) is -0.208. The number of ether oxygens (including phenoxy) is 1. The van der Waals surface area contributed by atoms with E-state index in [1.165, 1.54) is 0 Å². The third-order valence-corrected chi connectivity index (χ3v) is 4.16. The predicted molar refractivity (Wildman–Crippen MR) is 78.9 cm³/mol. The van der Waals surface area contributed by atoms with Gasteiger partial charge in [0.1, 0.15) is 5.76 Å². The lowest BCUT2D eigenvalue weighted by molar-refractivity contribution is -0.126. The molecular formula is C15H25N3O3. The monoisotopic (exact) mass is 295 g/mol. The van der Waals surface area contributed by atoms with Crippen molar-refractivity contribution in [2.24, 2.45) is 0 Å². The highest BCUT2D eigenvalue weighted by Gasteiger charge is 2.22. The van der Waals surface area contributed by atoms with Crippen LogP contribution in [0.15, 0.2) is 4.52 Å². The molecule has 1 aliphatic heterocycles. The van der Waals surface area contributed by atoms with Gasteiger partial charge in [0.05, 0.1) is 17.8 Å². The molecule has 21 heavy (non-hydrogen) atoms. The van der Waals surface area contributed by atoms with Gasteiger partial charge >= 0.3 is 0 Å². The van der Waals surface area contributed by atoms with Crippen LogP contribution in [0.5, 0.6) is 0 Å². The van der Waals surface area contributed by atoms with E-state index < -0.39 is 0 Å². The zero-order chi connectivity index (χ0) is 15.4. The van der Waals surface area contributed by atoms with Crippen molar-refractivity contribution in [3.63, 3.8) is 0 Å². The third kappa shape index (κ3) is 4.04. The van der Waals surface area contributed by atoms with Gasteiger partial charge in [0, 0.05) is 25.3 Å². The number of aryl methyl sites for hydroxylation is 2. The fraction of sp³-hybridized carbons (Fsp3) is 0.733. The molecule has 1 aromatic rings. The first-order valence-electron chi connectivity index (χ1n) is 7.50. The molecule has 2 atom stereocenters. The topological polar surface area (TPSA) is 67.6 Å². The van der Waals surface area contributed by atoms with E-state index in [-0.39, 0.29) is 18.1 Å². The summed E-state index contributed by atoms with van der Waals surface area (Å²) in [7, 11) is 1.93. The van der Waals surface area contributed by atoms with Crippen molar-refractivity contribution < 1.29 is 14.1 Å². The van der Waals surface area contributed by atoms with E-state index in [0.717, 1.165) is 36.5 Å². The normalized spacial score (nSPS) is 20.0. The number of aromatic nitrogens is 1. The van der Waals surface area contributed by atoms with E-state index in [1.807, 2.05) is 32.7 Å². The maximum atomic E-state index is 12.2. The lowest BCUT2D eigenvalue weighted by atomic mass is 10.1. The lowest BCUT2D eigenvalue weighted by Crippen LogP contribution is -2.45. The fourth-order valence-electron chi connectivity index (χ4n) is 2.48. The first-order valence-corrected chi connectivity index (χ1v) is 7.50. The minimum Gasteiger partial charge on any atom is -0.376 e. The molecule has 0 saturated carbocycles. The van der Waals surface area contributed by atoms with Crippen LogP contribution in [-0.4, -0.2) is 48.3 Å². The third-order valence-electron chi connectivity index (χ3n) is 4.16. The highest BCUT2D eigenvalue weighted by molar-refractivity contribution is 5.81. The van der Waals surface area contributed by atoms with E-state index in [1.54, 1.807) is 0 Å². The highest BCUT2D eigenvalue weighted by atomic mass is 16.5. The van der Waals surface area contributed by atoms with Crippen molar-refractivity contribution in [1.29, 1.82) is 0 Å². The molecule has 1 amide bonds. The van der Waals surface area contributed by atoms with E-state index in [4.69, 9.17) is 9.26 Å². The molecule has 0 radical (unpaired) electrons. The highest BCUT2D eigenvalue weighted by Crippen LogP contribution is 2.15. The Morgan fingerprint density at radius 2 is 2.29 bits per heavy atom. The van der Waals surface area contributed by atoms with Gasteiger partial charge in [-0.1, -0.05) is 5.16 Å². The Morgan fingerprint density at radius 3 is 2.86 bits per heavy atom. The van der Waals surface area contributed by atoms with Gasteiger partial charge in [0.15, 0.2) is 0 Å². The number of carbonyl (C=O) groups excluding carboxylic acids is 1. The molecule has 1 aliphatic rings. The zero-order valence-electron chi connectivity index (χ0n) is 13.3. The molecule has 0 aromatic carbocycles. The largest absolute Gasteiger partial charge is 0.376 e. The molecule has 0 aliphatic carbocycles. The summed E-state index contributed by atoms with van der Waals surface area (Å²) in [6.07, 6.45) is 2.29. The molecule has 0 unspecified atom stereocenters. The van der Waals surface area contributed by atoms with Crippen molar-refractivity contribution in [3.8, 4) is 0 Å². The van der Waals surface area contributed by atoms with Crippen LogP contribution in [-0.2, 0) is 16.1 Å². The van der Waals surface area contributed by atoms with E-state index in [9.17, 15) is 4.79 Å². The molecule has 0 spiro atoms. The molecule has 118 valence electrons. The first kappa shape index (κ1) is 16.0. The van der Waals surface area contributed by atoms with Gasteiger partial charge in [0.25, 0.3) is 0 Å². The Kier molecular flexibility index (Phi) is 5.36. The van der Waals surface area contributed by atoms with E-state index in [0.29, 0.717) is 13.1 Å². The molecular weight excluding hydrogens is 270 g/mol. The Morgan fingerprint density at radius 1 is 1.52 bits per heavy atom. The summed E-state index contributed by atoms with van der Waals surface area (Å²) in [5.74, 6) is 0.839. The molecule has 1 fully saturated rings. The van der Waals surface area contributed by atoms with Crippen LogP contribution >= 0.6 is 0 Å². The van der Waals surface area contributed by atoms with E-state index >= 15 is 0 Å². The maximum absolute atomic E-state index is 12.2. The van der Waals surface area contributed by atoms with Crippen LogP contribution in [0, 0.1) is 13.8 Å². The minimum absolute atomic E-state index is 0.0276. The van der Waals surface area contributed by atoms with Crippen LogP contribution in [0.25, 0.3) is 0 Å². The molecule has 6 nitrogen and oxygen atoms in total. The van der Waals surface area contributed by atoms with Crippen LogP contribution in [0.2, 0.25) is 0 Å². The number of amides is 1. The summed E-state index contributed by atoms with van der Waals surface area (Å²) < 4.78 is 10.7. The summed E-state index contributed by atoms with van der Waals surface area (Å²) in [5.41, 5.74) is 1.93. The Labute approximate surface area is 125 Å². The van der Waals surface area contributed by atoms with Crippen molar-refractivity contribution in [2.75, 3.05) is 20.2 Å². The van der Waals surface area contributed by atoms with Gasteiger partial charge in [-0.15, -0.1) is 0 Å². The lowest BCUT2D eigenvalue weighted by Gasteiger charge is -2.24. The zero-order valence-corrected chi connectivity index (χ0v) is 13.3. The summed E-state index contributed by atoms with van der Waals surface area (Å²) in [4.78, 5) is 14.2. The molecule has 2 rings (SSSR count). The molecule has 2 heterocycles. The average molecular weight is 295 g/mol. The first-order chi connectivity index (χ1) is 9.99. The van der Waals surface area contributed by atoms with Gasteiger partial charge in [-0.2, -0.15) is 0 Å². The Balaban J connectivity index is 1.83. The van der Waals surface area contributed by atoms with Crippen molar-refractivity contribution in [2.45, 2.75) is 52.3 Å². The standard InChI is InChI=1S/C15H25N3O3/c1-10-14(12(3)21-17-10)9-18(4)11(2)15(19)16-8-13-6-5-7-20-13/h11,13H,5-9H2,1-4H3,(H,16,19)/t11-,13+/m1/s1. The summed E-state index contributed by atoms with van der Waals surface area (Å²) in [6.45, 7) is 7.77. The minimum atomic E-state index is -0.208. The van der Waals surface area contributed by atoms with Crippen LogP contribution in [0.4, 0.5) is 0 Å². The Hall–Kier alpha value is -1.40. The summed E-state index contributed by atoms with van der Waals surface area (Å²) in [5, 5.41) is 6.91. The van der Waals surface area contributed by atoms with Gasteiger partial charge < -0.3 is 14.6 Å². The SMILES string of the molecule is Cc1noc(C)c1CN(C)[C@H](C)C(=O)NC[C@@H]1CCCO1. The van der Waals surface area contributed by atoms with Crippen LogP contribution < -0.4 is 5.32 Å². The van der Waals surface area contributed by atoms with Gasteiger partial charge in [-0.05, 0) is 40.7 Å². The molecule has 1 saturated heterocycles. The van der Waals surface area contributed by atoms with Crippen molar-refractivity contribution >= 4 is 5.91 Å². The summed E-state index contributed by atoms with van der Waals surface area (Å²) >= 11 is 0. The second-order valence-electron chi connectivity index (χ2n) is 5.77. The molecule has 0 bridgehead atoms. The quantitative estimate of drug-likeness (QED) is 0.859. The number of likely N-dealkylation sites (N-methyl/N-ethyl adjacent to an activating group) is 1. The number of rotatable bonds is 6. The van der Waals surface area contributed by atoms with Crippen LogP contribution in [0.1, 0.15) is 36.8 Å². The number of hydrogen-bond acceptors (Lipinski definition) is 5. The fourth-order valence-corrected chi connectivity index (χ4v) is 2.48. The van der Waals surface area contributed by atoms with Gasteiger partial charge in [-0.3, -0.25) is 9.69 Å². The number of nitrogens with one attached hydrogen (secondary N) is 1. The van der Waals surface area contributed by atoms with Gasteiger partial charge in [-0.25, -0.2) is 0 Å². The number of carbonyl (C=O) groups is 1. The smallest absolute Gasteiger partial charge is 0.237 e. The van der Waals surface area contributed by atoms with Crippen molar-refractivity contribution in [3.05, 3.63) is 17.0 Å². The average Bonchev–Trinajstić information content (AvgIpc) is 3.09. The predicted octanol–water partition coefficient (Wildman–Crippen LogP) is 1.41. The molecule has 1 N–H and O–H groups in total. The number of hydrogen-bond donors (Lipinski definition) is 1. The maximum Gasteiger partial charge on any atom is 0.237 e. The molecule has 6 heteroatoms. The van der Waals surface area contributed by atoms with E-state index in [2.05, 4.69) is 10.5 Å². The second kappa shape index (κ2) is 7.04. The Bertz CT molecular complexity index is 461. The molecule has 1 aromatic heterocycles. The van der Waals surface area contributed by atoms with Crippen LogP contribution in [0.3, 0.4) is 0 Å². The van der Waals surface area contributed by atoms with Gasteiger partial charge in [0.2, 0.25) is 5.91 Å². The van der Waals surface area contributed by atoms with Crippen molar-refractivity contribution in [1.82, 2.24) is 15.4 Å². The second-order valence-corrected chi connectivity index (χ2v) is 5.77. The number of nitrogens with zero attached hydrogens (tertiary/aromatic N) is 2.